The Hall–Kier alpha value is -1.88. The van der Waals surface area contributed by atoms with E-state index in [2.05, 4.69) is 74.3 Å². The summed E-state index contributed by atoms with van der Waals surface area (Å²) in [4.78, 5) is 11.6. The summed E-state index contributed by atoms with van der Waals surface area (Å²) in [7, 11) is 0. The number of fused-ring (bicyclic) bond motifs is 1. The topological polar surface area (TPSA) is 25.8 Å². The molecule has 0 aliphatic heterocycles. The van der Waals surface area contributed by atoms with E-state index >= 15 is 0 Å². The first-order valence-corrected chi connectivity index (χ1v) is 11.5. The molecule has 0 radical (unpaired) electrons. The Bertz CT molecular complexity index is 1130. The van der Waals surface area contributed by atoms with Gasteiger partial charge in [0.05, 0.1) is 5.39 Å². The summed E-state index contributed by atoms with van der Waals surface area (Å²) in [6.45, 7) is 6.43. The first-order valence-electron chi connectivity index (χ1n) is 9.30. The maximum absolute atomic E-state index is 6.64. The molecule has 0 aliphatic carbocycles. The van der Waals surface area contributed by atoms with Crippen molar-refractivity contribution in [3.63, 3.8) is 0 Å². The number of rotatable bonds is 5. The van der Waals surface area contributed by atoms with Crippen LogP contribution in [0.2, 0.25) is 5.15 Å². The lowest BCUT2D eigenvalue weighted by molar-refractivity contribution is 1.01. The van der Waals surface area contributed by atoms with Crippen molar-refractivity contribution in [3.05, 3.63) is 75.3 Å². The van der Waals surface area contributed by atoms with Gasteiger partial charge < -0.3 is 0 Å². The maximum atomic E-state index is 6.64. The van der Waals surface area contributed by atoms with E-state index in [0.29, 0.717) is 5.15 Å². The van der Waals surface area contributed by atoms with E-state index in [1.165, 1.54) is 27.1 Å². The Labute approximate surface area is 179 Å². The highest BCUT2D eigenvalue weighted by molar-refractivity contribution is 7.98. The molecule has 0 saturated carbocycles. The van der Waals surface area contributed by atoms with Crippen molar-refractivity contribution in [2.75, 3.05) is 0 Å². The molecule has 5 heteroatoms. The summed E-state index contributed by atoms with van der Waals surface area (Å²) in [6, 6.07) is 17.1. The van der Waals surface area contributed by atoms with Crippen molar-refractivity contribution >= 4 is 44.9 Å². The van der Waals surface area contributed by atoms with Gasteiger partial charge in [0, 0.05) is 16.2 Å². The molecular formula is C23H21ClN2S2. The second-order valence-corrected chi connectivity index (χ2v) is 9.28. The first-order chi connectivity index (χ1) is 13.6. The SMILES string of the molecule is CCc1ccc(-c2c(C)sc3nc(SCc4ccccc4C)nc(Cl)c23)cc1. The van der Waals surface area contributed by atoms with Crippen LogP contribution < -0.4 is 0 Å². The molecule has 142 valence electrons. The van der Waals surface area contributed by atoms with Crippen LogP contribution in [0.3, 0.4) is 0 Å². The molecule has 4 rings (SSSR count). The van der Waals surface area contributed by atoms with Gasteiger partial charge in [0.25, 0.3) is 0 Å². The molecule has 2 aromatic heterocycles. The average molecular weight is 425 g/mol. The van der Waals surface area contributed by atoms with E-state index in [0.717, 1.165) is 33.1 Å². The molecule has 2 nitrogen and oxygen atoms in total. The maximum Gasteiger partial charge on any atom is 0.190 e. The van der Waals surface area contributed by atoms with Gasteiger partial charge in [0.1, 0.15) is 9.98 Å². The summed E-state index contributed by atoms with van der Waals surface area (Å²) in [5.74, 6) is 0.838. The zero-order chi connectivity index (χ0) is 19.7. The number of aryl methyl sites for hydroxylation is 3. The van der Waals surface area contributed by atoms with Gasteiger partial charge in [0.15, 0.2) is 5.16 Å². The number of thiophene rings is 1. The molecule has 0 unspecified atom stereocenters. The lowest BCUT2D eigenvalue weighted by Crippen LogP contribution is -1.91. The van der Waals surface area contributed by atoms with E-state index in [1.54, 1.807) is 23.1 Å². The Morgan fingerprint density at radius 1 is 1.00 bits per heavy atom. The highest BCUT2D eigenvalue weighted by Crippen LogP contribution is 2.41. The number of hydrogen-bond donors (Lipinski definition) is 0. The standard InChI is InChI=1S/C23H21ClN2S2/c1-4-16-9-11-17(12-10-16)19-15(3)28-22-20(19)21(24)25-23(26-22)27-13-18-8-6-5-7-14(18)2/h5-12H,4,13H2,1-3H3. The molecule has 0 aliphatic rings. The van der Waals surface area contributed by atoms with Gasteiger partial charge in [-0.15, -0.1) is 11.3 Å². The van der Waals surface area contributed by atoms with Crippen LogP contribution in [-0.2, 0) is 12.2 Å². The van der Waals surface area contributed by atoms with Crippen molar-refractivity contribution < 1.29 is 0 Å². The normalized spacial score (nSPS) is 11.3. The van der Waals surface area contributed by atoms with Crippen LogP contribution in [0, 0.1) is 13.8 Å². The molecule has 0 N–H and O–H groups in total. The van der Waals surface area contributed by atoms with Gasteiger partial charge in [0.2, 0.25) is 0 Å². The van der Waals surface area contributed by atoms with Crippen LogP contribution in [0.1, 0.15) is 28.5 Å². The highest BCUT2D eigenvalue weighted by atomic mass is 35.5. The molecule has 0 atom stereocenters. The van der Waals surface area contributed by atoms with Gasteiger partial charge >= 0.3 is 0 Å². The molecular weight excluding hydrogens is 404 g/mol. The monoisotopic (exact) mass is 424 g/mol. The van der Waals surface area contributed by atoms with Crippen molar-refractivity contribution in [2.45, 2.75) is 38.1 Å². The minimum absolute atomic E-state index is 0.538. The van der Waals surface area contributed by atoms with Gasteiger partial charge in [-0.3, -0.25) is 0 Å². The smallest absolute Gasteiger partial charge is 0.190 e. The predicted molar refractivity (Wildman–Crippen MR) is 123 cm³/mol. The van der Waals surface area contributed by atoms with Gasteiger partial charge in [-0.1, -0.05) is 78.8 Å². The van der Waals surface area contributed by atoms with Crippen LogP contribution in [0.25, 0.3) is 21.3 Å². The molecule has 0 spiro atoms. The number of halogens is 1. The fourth-order valence-electron chi connectivity index (χ4n) is 3.29. The highest BCUT2D eigenvalue weighted by Gasteiger charge is 2.18. The molecule has 0 saturated heterocycles. The van der Waals surface area contributed by atoms with E-state index in [4.69, 9.17) is 16.6 Å². The minimum Gasteiger partial charge on any atom is -0.211 e. The van der Waals surface area contributed by atoms with Crippen LogP contribution in [0.4, 0.5) is 0 Å². The van der Waals surface area contributed by atoms with Crippen LogP contribution in [-0.4, -0.2) is 9.97 Å². The van der Waals surface area contributed by atoms with Crippen molar-refractivity contribution in [1.82, 2.24) is 9.97 Å². The Morgan fingerprint density at radius 2 is 1.75 bits per heavy atom. The van der Waals surface area contributed by atoms with Crippen molar-refractivity contribution in [2.24, 2.45) is 0 Å². The molecule has 28 heavy (non-hydrogen) atoms. The van der Waals surface area contributed by atoms with Crippen LogP contribution in [0.5, 0.6) is 0 Å². The van der Waals surface area contributed by atoms with Crippen molar-refractivity contribution in [1.29, 1.82) is 0 Å². The molecule has 0 amide bonds. The Morgan fingerprint density at radius 3 is 2.46 bits per heavy atom. The number of nitrogens with zero attached hydrogens (tertiary/aromatic N) is 2. The van der Waals surface area contributed by atoms with E-state index < -0.39 is 0 Å². The fourth-order valence-corrected chi connectivity index (χ4v) is 5.68. The third-order valence-corrected chi connectivity index (χ3v) is 7.10. The zero-order valence-electron chi connectivity index (χ0n) is 16.1. The second-order valence-electron chi connectivity index (χ2n) is 6.78. The third-order valence-electron chi connectivity index (χ3n) is 4.93. The van der Waals surface area contributed by atoms with Gasteiger partial charge in [-0.25, -0.2) is 9.97 Å². The number of benzene rings is 2. The zero-order valence-corrected chi connectivity index (χ0v) is 18.5. The molecule has 2 heterocycles. The quantitative estimate of drug-likeness (QED) is 0.188. The number of thioether (sulfide) groups is 1. The fraction of sp³-hybridized carbons (Fsp3) is 0.217. The van der Waals surface area contributed by atoms with E-state index in [9.17, 15) is 0 Å². The first kappa shape index (κ1) is 19.4. The Kier molecular flexibility index (Phi) is 5.72. The third kappa shape index (κ3) is 3.82. The Balaban J connectivity index is 1.69. The van der Waals surface area contributed by atoms with Crippen LogP contribution in [0.15, 0.2) is 53.7 Å². The molecule has 0 bridgehead atoms. The van der Waals surface area contributed by atoms with Crippen molar-refractivity contribution in [3.8, 4) is 11.1 Å². The minimum atomic E-state index is 0.538. The number of aromatic nitrogens is 2. The molecule has 0 fully saturated rings. The van der Waals surface area contributed by atoms with Gasteiger partial charge in [-0.2, -0.15) is 0 Å². The lowest BCUT2D eigenvalue weighted by atomic mass is 10.0. The summed E-state index contributed by atoms with van der Waals surface area (Å²) < 4.78 is 0. The number of hydrogen-bond acceptors (Lipinski definition) is 4. The summed E-state index contributed by atoms with van der Waals surface area (Å²) in [5.41, 5.74) is 6.24. The summed E-state index contributed by atoms with van der Waals surface area (Å²) in [5, 5.41) is 2.24. The van der Waals surface area contributed by atoms with E-state index in [1.807, 2.05) is 0 Å². The average Bonchev–Trinajstić information content (AvgIpc) is 3.04. The molecule has 4 aromatic rings. The summed E-state index contributed by atoms with van der Waals surface area (Å²) in [6.07, 6.45) is 1.04. The van der Waals surface area contributed by atoms with Crippen LogP contribution >= 0.6 is 34.7 Å². The predicted octanol–water partition coefficient (Wildman–Crippen LogP) is 7.48. The lowest BCUT2D eigenvalue weighted by Gasteiger charge is -2.07. The van der Waals surface area contributed by atoms with E-state index in [-0.39, 0.29) is 0 Å². The largest absolute Gasteiger partial charge is 0.211 e. The van der Waals surface area contributed by atoms with Gasteiger partial charge in [-0.05, 0) is 42.5 Å². The summed E-state index contributed by atoms with van der Waals surface area (Å²) >= 11 is 9.96. The molecule has 2 aromatic carbocycles. The second kappa shape index (κ2) is 8.24.